The second-order valence-corrected chi connectivity index (χ2v) is 4.91. The summed E-state index contributed by atoms with van der Waals surface area (Å²) in [6.45, 7) is 1.57. The predicted molar refractivity (Wildman–Crippen MR) is 78.1 cm³/mol. The van der Waals surface area contributed by atoms with Gasteiger partial charge in [0.05, 0.1) is 11.9 Å². The summed E-state index contributed by atoms with van der Waals surface area (Å²) in [4.78, 5) is 8.07. The number of hydrogen-bond donors (Lipinski definition) is 1. The Balaban J connectivity index is 2.24. The minimum atomic E-state index is -2.46. The van der Waals surface area contributed by atoms with Crippen molar-refractivity contribution in [2.24, 2.45) is 0 Å². The first kappa shape index (κ1) is 13.5. The van der Waals surface area contributed by atoms with Crippen LogP contribution in [-0.2, 0) is 6.54 Å². The van der Waals surface area contributed by atoms with Gasteiger partial charge in [0.1, 0.15) is 17.8 Å². The molecular weight excluding hydrogens is 274 g/mol. The Morgan fingerprint density at radius 2 is 1.90 bits per heavy atom. The van der Waals surface area contributed by atoms with E-state index in [1.54, 1.807) is 6.20 Å². The van der Waals surface area contributed by atoms with E-state index in [1.807, 2.05) is 31.2 Å². The normalized spacial score (nSPS) is 11.4. The summed E-state index contributed by atoms with van der Waals surface area (Å²) >= 11 is 0. The molecule has 0 bridgehead atoms. The molecule has 0 aliphatic carbocycles. The topological polar surface area (TPSA) is 56.7 Å². The number of alkyl halides is 2. The number of nitrogens with zero attached hydrogens (tertiary/aromatic N) is 3. The molecule has 3 rings (SSSR count). The van der Waals surface area contributed by atoms with Gasteiger partial charge in [0.15, 0.2) is 0 Å². The molecule has 6 heteroatoms. The molecule has 0 amide bonds. The number of rotatable bonds is 3. The van der Waals surface area contributed by atoms with Crippen LogP contribution in [0.15, 0.2) is 36.8 Å². The highest BCUT2D eigenvalue weighted by molar-refractivity contribution is 6.00. The number of nitrogen functional groups attached to an aromatic ring is 1. The van der Waals surface area contributed by atoms with E-state index in [0.29, 0.717) is 16.9 Å². The SMILES string of the molecule is Cc1ccc(-c2cn(CC(F)F)c3ncnc(N)c23)cc1. The Hall–Kier alpha value is -2.50. The van der Waals surface area contributed by atoms with Gasteiger partial charge in [0.25, 0.3) is 6.43 Å². The van der Waals surface area contributed by atoms with E-state index in [9.17, 15) is 8.78 Å². The van der Waals surface area contributed by atoms with Crippen LogP contribution in [0.2, 0.25) is 0 Å². The lowest BCUT2D eigenvalue weighted by molar-refractivity contribution is 0.128. The number of hydrogen-bond acceptors (Lipinski definition) is 3. The number of fused-ring (bicyclic) bond motifs is 1. The Morgan fingerprint density at radius 3 is 2.57 bits per heavy atom. The molecule has 0 aliphatic rings. The molecule has 0 spiro atoms. The van der Waals surface area contributed by atoms with Gasteiger partial charge < -0.3 is 10.3 Å². The third kappa shape index (κ3) is 2.44. The fourth-order valence-corrected chi connectivity index (χ4v) is 2.39. The average Bonchev–Trinajstić information content (AvgIpc) is 2.79. The predicted octanol–water partition coefficient (Wildman–Crippen LogP) is 3.25. The fourth-order valence-electron chi connectivity index (χ4n) is 2.39. The van der Waals surface area contributed by atoms with Gasteiger partial charge in [-0.3, -0.25) is 0 Å². The number of halogens is 2. The molecule has 0 radical (unpaired) electrons. The summed E-state index contributed by atoms with van der Waals surface area (Å²) in [5.74, 6) is 0.295. The maximum absolute atomic E-state index is 12.7. The summed E-state index contributed by atoms with van der Waals surface area (Å²) in [6, 6.07) is 7.80. The lowest BCUT2D eigenvalue weighted by Gasteiger charge is -2.02. The van der Waals surface area contributed by atoms with E-state index in [2.05, 4.69) is 9.97 Å². The average molecular weight is 288 g/mol. The number of benzene rings is 1. The van der Waals surface area contributed by atoms with Gasteiger partial charge in [-0.15, -0.1) is 0 Å². The van der Waals surface area contributed by atoms with Gasteiger partial charge in [-0.1, -0.05) is 29.8 Å². The van der Waals surface area contributed by atoms with Gasteiger partial charge in [-0.05, 0) is 12.5 Å². The van der Waals surface area contributed by atoms with Gasteiger partial charge in [-0.2, -0.15) is 0 Å². The van der Waals surface area contributed by atoms with E-state index in [1.165, 1.54) is 10.9 Å². The molecule has 0 saturated carbocycles. The minimum absolute atomic E-state index is 0.295. The Labute approximate surface area is 120 Å². The molecule has 0 saturated heterocycles. The number of aromatic nitrogens is 3. The fraction of sp³-hybridized carbons (Fsp3) is 0.200. The smallest absolute Gasteiger partial charge is 0.256 e. The summed E-state index contributed by atoms with van der Waals surface area (Å²) in [7, 11) is 0. The van der Waals surface area contributed by atoms with Crippen LogP contribution in [0.1, 0.15) is 5.56 Å². The lowest BCUT2D eigenvalue weighted by atomic mass is 10.0. The first-order chi connectivity index (χ1) is 10.1. The van der Waals surface area contributed by atoms with Crippen LogP contribution >= 0.6 is 0 Å². The van der Waals surface area contributed by atoms with Crippen molar-refractivity contribution < 1.29 is 8.78 Å². The largest absolute Gasteiger partial charge is 0.383 e. The number of anilines is 1. The molecule has 2 aromatic heterocycles. The standard InChI is InChI=1S/C15H14F2N4/c1-9-2-4-10(5-3-9)11-6-21(7-12(16)17)15-13(11)14(18)19-8-20-15/h2-6,8,12H,7H2,1H3,(H2,18,19,20). The van der Waals surface area contributed by atoms with Gasteiger partial charge in [-0.25, -0.2) is 18.7 Å². The van der Waals surface area contributed by atoms with Gasteiger partial charge in [0.2, 0.25) is 0 Å². The Morgan fingerprint density at radius 1 is 1.19 bits per heavy atom. The summed E-state index contributed by atoms with van der Waals surface area (Å²) < 4.78 is 26.9. The highest BCUT2D eigenvalue weighted by Crippen LogP contribution is 2.32. The van der Waals surface area contributed by atoms with Crippen LogP contribution in [0.5, 0.6) is 0 Å². The summed E-state index contributed by atoms with van der Waals surface area (Å²) in [5.41, 5.74) is 9.14. The van der Waals surface area contributed by atoms with Gasteiger partial charge in [0, 0.05) is 11.8 Å². The highest BCUT2D eigenvalue weighted by Gasteiger charge is 2.16. The molecule has 21 heavy (non-hydrogen) atoms. The Bertz CT molecular complexity index is 778. The third-order valence-electron chi connectivity index (χ3n) is 3.38. The van der Waals surface area contributed by atoms with Crippen molar-refractivity contribution in [3.05, 3.63) is 42.4 Å². The molecule has 0 atom stereocenters. The zero-order chi connectivity index (χ0) is 15.0. The Kier molecular flexibility index (Phi) is 3.29. The van der Waals surface area contributed by atoms with Crippen LogP contribution < -0.4 is 5.73 Å². The minimum Gasteiger partial charge on any atom is -0.383 e. The number of aryl methyl sites for hydroxylation is 1. The maximum Gasteiger partial charge on any atom is 0.256 e. The van der Waals surface area contributed by atoms with Crippen molar-refractivity contribution in [3.8, 4) is 11.1 Å². The second kappa shape index (κ2) is 5.12. The summed E-state index contributed by atoms with van der Waals surface area (Å²) in [5, 5.41) is 0.613. The molecule has 4 nitrogen and oxygen atoms in total. The second-order valence-electron chi connectivity index (χ2n) is 4.91. The molecule has 0 unspecified atom stereocenters. The summed E-state index contributed by atoms with van der Waals surface area (Å²) in [6.07, 6.45) is 0.494. The van der Waals surface area contributed by atoms with Crippen LogP contribution in [0.3, 0.4) is 0 Å². The van der Waals surface area contributed by atoms with Crippen molar-refractivity contribution in [3.63, 3.8) is 0 Å². The lowest BCUT2D eigenvalue weighted by Crippen LogP contribution is -2.06. The van der Waals surface area contributed by atoms with Crippen molar-refractivity contribution in [1.29, 1.82) is 0 Å². The maximum atomic E-state index is 12.7. The molecule has 2 N–H and O–H groups in total. The van der Waals surface area contributed by atoms with Crippen molar-refractivity contribution in [2.75, 3.05) is 5.73 Å². The molecule has 2 heterocycles. The first-order valence-corrected chi connectivity index (χ1v) is 6.51. The third-order valence-corrected chi connectivity index (χ3v) is 3.38. The van der Waals surface area contributed by atoms with E-state index < -0.39 is 13.0 Å². The molecule has 0 aliphatic heterocycles. The molecule has 108 valence electrons. The van der Waals surface area contributed by atoms with Crippen LogP contribution in [0.25, 0.3) is 22.2 Å². The molecule has 1 aromatic carbocycles. The van der Waals surface area contributed by atoms with E-state index in [4.69, 9.17) is 5.73 Å². The molecule has 0 fully saturated rings. The van der Waals surface area contributed by atoms with E-state index in [0.717, 1.165) is 16.7 Å². The van der Waals surface area contributed by atoms with Crippen LogP contribution in [0, 0.1) is 6.92 Å². The van der Waals surface area contributed by atoms with Crippen LogP contribution in [-0.4, -0.2) is 21.0 Å². The monoisotopic (exact) mass is 288 g/mol. The zero-order valence-corrected chi connectivity index (χ0v) is 11.4. The van der Waals surface area contributed by atoms with E-state index in [-0.39, 0.29) is 0 Å². The van der Waals surface area contributed by atoms with Crippen LogP contribution in [0.4, 0.5) is 14.6 Å². The first-order valence-electron chi connectivity index (χ1n) is 6.51. The van der Waals surface area contributed by atoms with Crippen molar-refractivity contribution >= 4 is 16.9 Å². The number of nitrogens with two attached hydrogens (primary N) is 1. The highest BCUT2D eigenvalue weighted by atomic mass is 19.3. The quantitative estimate of drug-likeness (QED) is 0.805. The van der Waals surface area contributed by atoms with E-state index >= 15 is 0 Å². The molecule has 3 aromatic rings. The molecular formula is C15H14F2N4. The van der Waals surface area contributed by atoms with Crippen molar-refractivity contribution in [2.45, 2.75) is 19.9 Å². The van der Waals surface area contributed by atoms with Crippen molar-refractivity contribution in [1.82, 2.24) is 14.5 Å². The zero-order valence-electron chi connectivity index (χ0n) is 11.4. The van der Waals surface area contributed by atoms with Gasteiger partial charge >= 0.3 is 0 Å².